The lowest BCUT2D eigenvalue weighted by molar-refractivity contribution is 0.423. The number of halogens is 2. The predicted molar refractivity (Wildman–Crippen MR) is 79.5 cm³/mol. The molecule has 7 heteroatoms. The summed E-state index contributed by atoms with van der Waals surface area (Å²) in [7, 11) is 0. The summed E-state index contributed by atoms with van der Waals surface area (Å²) < 4.78 is 19.3. The number of rotatable bonds is 5. The van der Waals surface area contributed by atoms with Gasteiger partial charge in [0.25, 0.3) is 0 Å². The van der Waals surface area contributed by atoms with Crippen LogP contribution in [0.4, 0.5) is 10.2 Å². The second-order valence-corrected chi connectivity index (χ2v) is 4.94. The molecule has 4 nitrogen and oxygen atoms in total. The van der Waals surface area contributed by atoms with Gasteiger partial charge in [-0.15, -0.1) is 0 Å². The Balaban J connectivity index is 2.32. The van der Waals surface area contributed by atoms with Crippen LogP contribution in [0, 0.1) is 5.82 Å². The summed E-state index contributed by atoms with van der Waals surface area (Å²) in [5.41, 5.74) is 0. The van der Waals surface area contributed by atoms with Crippen molar-refractivity contribution in [2.24, 2.45) is 0 Å². The molecule has 0 radical (unpaired) electrons. The van der Waals surface area contributed by atoms with Crippen molar-refractivity contribution in [2.75, 3.05) is 18.1 Å². The summed E-state index contributed by atoms with van der Waals surface area (Å²) in [4.78, 5) is 8.44. The molecule has 0 saturated heterocycles. The summed E-state index contributed by atoms with van der Waals surface area (Å²) >= 11 is 7.09. The van der Waals surface area contributed by atoms with E-state index in [0.717, 1.165) is 6.54 Å². The molecule has 0 saturated carbocycles. The highest BCUT2D eigenvalue weighted by Crippen LogP contribution is 2.29. The predicted octanol–water partition coefficient (Wildman–Crippen LogP) is 4.22. The Morgan fingerprint density at radius 2 is 2.20 bits per heavy atom. The molecular formula is C13H13ClFN3OS. The minimum Gasteiger partial charge on any atom is -0.436 e. The Kier molecular flexibility index (Phi) is 5.03. The van der Waals surface area contributed by atoms with Gasteiger partial charge in [0.2, 0.25) is 5.88 Å². The Labute approximate surface area is 125 Å². The SMILES string of the molecule is CCNc1cc(Oc2cccc(Cl)c2F)nc(SC)n1. The van der Waals surface area contributed by atoms with Gasteiger partial charge in [-0.2, -0.15) is 4.98 Å². The van der Waals surface area contributed by atoms with Gasteiger partial charge >= 0.3 is 0 Å². The van der Waals surface area contributed by atoms with Crippen LogP contribution in [0.3, 0.4) is 0 Å². The summed E-state index contributed by atoms with van der Waals surface area (Å²) in [6.45, 7) is 2.67. The van der Waals surface area contributed by atoms with Gasteiger partial charge in [-0.3, -0.25) is 0 Å². The van der Waals surface area contributed by atoms with Gasteiger partial charge in [-0.25, -0.2) is 9.37 Å². The van der Waals surface area contributed by atoms with Crippen LogP contribution in [-0.4, -0.2) is 22.8 Å². The van der Waals surface area contributed by atoms with Gasteiger partial charge in [0.1, 0.15) is 5.82 Å². The topological polar surface area (TPSA) is 47.0 Å². The summed E-state index contributed by atoms with van der Waals surface area (Å²) in [6, 6.07) is 6.18. The van der Waals surface area contributed by atoms with Crippen molar-refractivity contribution in [3.63, 3.8) is 0 Å². The summed E-state index contributed by atoms with van der Waals surface area (Å²) in [6.07, 6.45) is 1.86. The van der Waals surface area contributed by atoms with E-state index in [0.29, 0.717) is 11.0 Å². The van der Waals surface area contributed by atoms with Crippen LogP contribution in [0.25, 0.3) is 0 Å². The highest BCUT2D eigenvalue weighted by atomic mass is 35.5. The van der Waals surface area contributed by atoms with Crippen LogP contribution in [0.2, 0.25) is 5.02 Å². The van der Waals surface area contributed by atoms with E-state index < -0.39 is 5.82 Å². The molecule has 106 valence electrons. The number of benzene rings is 1. The first kappa shape index (κ1) is 14.9. The molecule has 2 aromatic rings. The molecule has 0 amide bonds. The minimum atomic E-state index is -0.608. The fourth-order valence-corrected chi connectivity index (χ4v) is 2.03. The van der Waals surface area contributed by atoms with Gasteiger partial charge in [-0.05, 0) is 25.3 Å². The Morgan fingerprint density at radius 1 is 1.40 bits per heavy atom. The quantitative estimate of drug-likeness (QED) is 0.661. The Hall–Kier alpha value is -1.53. The highest BCUT2D eigenvalue weighted by molar-refractivity contribution is 7.98. The van der Waals surface area contributed by atoms with Crippen molar-refractivity contribution in [1.29, 1.82) is 0 Å². The molecule has 0 unspecified atom stereocenters. The molecule has 0 aliphatic rings. The van der Waals surface area contributed by atoms with Gasteiger partial charge in [0, 0.05) is 12.6 Å². The molecule has 20 heavy (non-hydrogen) atoms. The van der Waals surface area contributed by atoms with E-state index >= 15 is 0 Å². The first-order valence-electron chi connectivity index (χ1n) is 5.93. The van der Waals surface area contributed by atoms with Gasteiger partial charge in [0.15, 0.2) is 16.7 Å². The number of aromatic nitrogens is 2. The monoisotopic (exact) mass is 313 g/mol. The van der Waals surface area contributed by atoms with Crippen LogP contribution >= 0.6 is 23.4 Å². The Morgan fingerprint density at radius 3 is 2.90 bits per heavy atom. The number of hydrogen-bond donors (Lipinski definition) is 1. The standard InChI is InChI=1S/C13H13ClFN3OS/c1-3-16-10-7-11(18-13(17-10)20-2)19-9-6-4-5-8(14)12(9)15/h4-7H,3H2,1-2H3,(H,16,17,18). The molecule has 0 bridgehead atoms. The van der Waals surface area contributed by atoms with Crippen molar-refractivity contribution in [3.05, 3.63) is 35.1 Å². The smallest absolute Gasteiger partial charge is 0.225 e. The molecule has 1 aromatic heterocycles. The fourth-order valence-electron chi connectivity index (χ4n) is 1.49. The van der Waals surface area contributed by atoms with E-state index in [1.807, 2.05) is 13.2 Å². The minimum absolute atomic E-state index is 0.00792. The van der Waals surface area contributed by atoms with Gasteiger partial charge in [-0.1, -0.05) is 29.4 Å². The number of anilines is 1. The molecule has 0 atom stereocenters. The van der Waals surface area contributed by atoms with Crippen LogP contribution in [0.1, 0.15) is 6.92 Å². The number of hydrogen-bond acceptors (Lipinski definition) is 5. The number of nitrogens with zero attached hydrogens (tertiary/aromatic N) is 2. The third kappa shape index (κ3) is 3.52. The molecule has 1 aromatic carbocycles. The van der Waals surface area contributed by atoms with Crippen molar-refractivity contribution < 1.29 is 9.13 Å². The molecule has 0 aliphatic carbocycles. The summed E-state index contributed by atoms with van der Waals surface area (Å²) in [5.74, 6) is 0.319. The lowest BCUT2D eigenvalue weighted by Crippen LogP contribution is -2.02. The zero-order chi connectivity index (χ0) is 14.5. The highest BCUT2D eigenvalue weighted by Gasteiger charge is 2.11. The van der Waals surface area contributed by atoms with Crippen molar-refractivity contribution in [1.82, 2.24) is 9.97 Å². The molecule has 1 heterocycles. The maximum Gasteiger partial charge on any atom is 0.225 e. The first-order valence-corrected chi connectivity index (χ1v) is 7.53. The van der Waals surface area contributed by atoms with E-state index in [2.05, 4.69) is 15.3 Å². The molecule has 2 rings (SSSR count). The molecule has 0 spiro atoms. The van der Waals surface area contributed by atoms with Crippen LogP contribution < -0.4 is 10.1 Å². The van der Waals surface area contributed by atoms with E-state index in [4.69, 9.17) is 16.3 Å². The first-order chi connectivity index (χ1) is 9.63. The third-order valence-corrected chi connectivity index (χ3v) is 3.19. The molecule has 0 fully saturated rings. The van der Waals surface area contributed by atoms with Crippen LogP contribution in [0.5, 0.6) is 11.6 Å². The lowest BCUT2D eigenvalue weighted by atomic mass is 10.3. The van der Waals surface area contributed by atoms with Crippen LogP contribution in [-0.2, 0) is 0 Å². The second kappa shape index (κ2) is 6.76. The normalized spacial score (nSPS) is 10.4. The number of thioether (sulfide) groups is 1. The lowest BCUT2D eigenvalue weighted by Gasteiger charge is -2.09. The van der Waals surface area contributed by atoms with E-state index in [1.54, 1.807) is 12.1 Å². The number of nitrogens with one attached hydrogen (secondary N) is 1. The summed E-state index contributed by atoms with van der Waals surface area (Å²) in [5, 5.41) is 3.62. The maximum atomic E-state index is 13.8. The third-order valence-electron chi connectivity index (χ3n) is 2.35. The number of ether oxygens (including phenoxy) is 1. The zero-order valence-electron chi connectivity index (χ0n) is 11.0. The second-order valence-electron chi connectivity index (χ2n) is 3.76. The van der Waals surface area contributed by atoms with Gasteiger partial charge < -0.3 is 10.1 Å². The average molecular weight is 314 g/mol. The molecule has 0 aliphatic heterocycles. The largest absolute Gasteiger partial charge is 0.436 e. The maximum absolute atomic E-state index is 13.8. The van der Waals surface area contributed by atoms with Gasteiger partial charge in [0.05, 0.1) is 5.02 Å². The molecular weight excluding hydrogens is 301 g/mol. The van der Waals surface area contributed by atoms with E-state index in [9.17, 15) is 4.39 Å². The van der Waals surface area contributed by atoms with Crippen molar-refractivity contribution >= 4 is 29.2 Å². The van der Waals surface area contributed by atoms with E-state index in [-0.39, 0.29) is 16.7 Å². The van der Waals surface area contributed by atoms with E-state index in [1.165, 1.54) is 23.9 Å². The van der Waals surface area contributed by atoms with Crippen molar-refractivity contribution in [2.45, 2.75) is 12.1 Å². The average Bonchev–Trinajstić information content (AvgIpc) is 2.44. The fraction of sp³-hybridized carbons (Fsp3) is 0.231. The molecule has 1 N–H and O–H groups in total. The Bertz CT molecular complexity index is 612. The van der Waals surface area contributed by atoms with Crippen LogP contribution in [0.15, 0.2) is 29.4 Å². The zero-order valence-corrected chi connectivity index (χ0v) is 12.6. The van der Waals surface area contributed by atoms with Crippen molar-refractivity contribution in [3.8, 4) is 11.6 Å².